The average Bonchev–Trinajstić information content (AvgIpc) is 2.77. The highest BCUT2D eigenvalue weighted by molar-refractivity contribution is 5.81. The van der Waals surface area contributed by atoms with Crippen LogP contribution >= 0.6 is 0 Å². The van der Waals surface area contributed by atoms with Gasteiger partial charge in [-0.25, -0.2) is 0 Å². The van der Waals surface area contributed by atoms with Crippen LogP contribution in [0.25, 0.3) is 0 Å². The van der Waals surface area contributed by atoms with E-state index in [0.717, 1.165) is 38.3 Å². The normalized spacial score (nSPS) is 24.0. The molecule has 0 saturated carbocycles. The molecule has 1 aromatic rings. The molecule has 8 heteroatoms. The number of amides is 1. The van der Waals surface area contributed by atoms with E-state index in [1.165, 1.54) is 0 Å². The van der Waals surface area contributed by atoms with E-state index in [4.69, 9.17) is 18.9 Å². The first-order valence-corrected chi connectivity index (χ1v) is 11.1. The zero-order valence-electron chi connectivity index (χ0n) is 19.7. The second kappa shape index (κ2) is 10.5. The summed E-state index contributed by atoms with van der Waals surface area (Å²) in [6, 6.07) is 3.83. The van der Waals surface area contributed by atoms with Gasteiger partial charge in [-0.05, 0) is 26.8 Å². The highest BCUT2D eigenvalue weighted by atomic mass is 16.5. The van der Waals surface area contributed by atoms with Crippen molar-refractivity contribution < 1.29 is 23.7 Å². The first-order valence-electron chi connectivity index (χ1n) is 11.1. The number of ether oxygens (including phenoxy) is 4. The fourth-order valence-corrected chi connectivity index (χ4v) is 4.62. The molecule has 3 atom stereocenters. The van der Waals surface area contributed by atoms with Crippen LogP contribution in [0.3, 0.4) is 0 Å². The molecule has 3 unspecified atom stereocenters. The van der Waals surface area contributed by atoms with Crippen LogP contribution < -0.4 is 14.2 Å². The summed E-state index contributed by atoms with van der Waals surface area (Å²) in [5.41, 5.74) is 1.06. The third kappa shape index (κ3) is 5.42. The van der Waals surface area contributed by atoms with Crippen LogP contribution in [0.15, 0.2) is 12.1 Å². The van der Waals surface area contributed by atoms with Crippen molar-refractivity contribution in [2.24, 2.45) is 0 Å². The van der Waals surface area contributed by atoms with Crippen LogP contribution in [0, 0.1) is 0 Å². The van der Waals surface area contributed by atoms with Crippen LogP contribution in [0.4, 0.5) is 0 Å². The molecule has 3 rings (SSSR count). The highest BCUT2D eigenvalue weighted by Gasteiger charge is 2.32. The molecular weight excluding hydrogens is 398 g/mol. The summed E-state index contributed by atoms with van der Waals surface area (Å²) in [6.07, 6.45) is 0.182. The van der Waals surface area contributed by atoms with Gasteiger partial charge in [-0.15, -0.1) is 0 Å². The minimum atomic E-state index is -0.115. The smallest absolute Gasteiger partial charge is 0.239 e. The van der Waals surface area contributed by atoms with Crippen molar-refractivity contribution in [1.82, 2.24) is 14.7 Å². The summed E-state index contributed by atoms with van der Waals surface area (Å²) in [5.74, 6) is 2.20. The lowest BCUT2D eigenvalue weighted by molar-refractivity contribution is -0.148. The Morgan fingerprint density at radius 1 is 1.00 bits per heavy atom. The largest absolute Gasteiger partial charge is 0.493 e. The quantitative estimate of drug-likeness (QED) is 0.648. The van der Waals surface area contributed by atoms with E-state index in [9.17, 15) is 4.79 Å². The van der Waals surface area contributed by atoms with Crippen LogP contribution in [0.2, 0.25) is 0 Å². The fraction of sp³-hybridized carbons (Fsp3) is 0.696. The molecule has 8 nitrogen and oxygen atoms in total. The van der Waals surface area contributed by atoms with E-state index in [1.54, 1.807) is 21.3 Å². The standard InChI is InChI=1S/C23H37N3O5/c1-16-13-26(14-17(2)31-16)23(27)18(3)25-11-9-24(10-12-25)15-19-7-8-20(28-4)22(30-6)21(19)29-5/h7-8,16-18H,9-15H2,1-6H3. The molecule has 174 valence electrons. The number of carbonyl (C=O) groups excluding carboxylic acids is 1. The van der Waals surface area contributed by atoms with Crippen LogP contribution in [0.5, 0.6) is 17.2 Å². The minimum absolute atomic E-state index is 0.0909. The lowest BCUT2D eigenvalue weighted by Gasteiger charge is -2.41. The second-order valence-electron chi connectivity index (χ2n) is 8.48. The maximum Gasteiger partial charge on any atom is 0.239 e. The number of hydrogen-bond acceptors (Lipinski definition) is 7. The third-order valence-corrected chi connectivity index (χ3v) is 6.22. The summed E-state index contributed by atoms with van der Waals surface area (Å²) in [5, 5.41) is 0. The van der Waals surface area contributed by atoms with Crippen molar-refractivity contribution in [2.45, 2.75) is 45.6 Å². The molecule has 31 heavy (non-hydrogen) atoms. The number of carbonyl (C=O) groups is 1. The van der Waals surface area contributed by atoms with Gasteiger partial charge < -0.3 is 23.8 Å². The zero-order valence-corrected chi connectivity index (χ0v) is 19.7. The van der Waals surface area contributed by atoms with Gasteiger partial charge in [0.15, 0.2) is 11.5 Å². The summed E-state index contributed by atoms with van der Waals surface area (Å²) in [6.45, 7) is 11.7. The molecule has 0 bridgehead atoms. The summed E-state index contributed by atoms with van der Waals surface area (Å²) in [7, 11) is 4.90. The van der Waals surface area contributed by atoms with Crippen molar-refractivity contribution >= 4 is 5.91 Å². The third-order valence-electron chi connectivity index (χ3n) is 6.22. The first kappa shape index (κ1) is 23.6. The molecule has 2 fully saturated rings. The molecule has 0 aromatic heterocycles. The van der Waals surface area contributed by atoms with Gasteiger partial charge in [-0.2, -0.15) is 0 Å². The van der Waals surface area contributed by atoms with Gasteiger partial charge in [0.1, 0.15) is 0 Å². The fourth-order valence-electron chi connectivity index (χ4n) is 4.62. The van der Waals surface area contributed by atoms with E-state index in [2.05, 4.69) is 9.80 Å². The number of rotatable bonds is 7. The molecule has 0 radical (unpaired) electrons. The van der Waals surface area contributed by atoms with Crippen LogP contribution in [-0.2, 0) is 16.1 Å². The Kier molecular flexibility index (Phi) is 8.02. The number of benzene rings is 1. The number of methoxy groups -OCH3 is 3. The monoisotopic (exact) mass is 435 g/mol. The van der Waals surface area contributed by atoms with E-state index in [-0.39, 0.29) is 24.2 Å². The van der Waals surface area contributed by atoms with Gasteiger partial charge >= 0.3 is 0 Å². The molecule has 1 amide bonds. The molecule has 2 heterocycles. The predicted octanol–water partition coefficient (Wildman–Crippen LogP) is 1.85. The minimum Gasteiger partial charge on any atom is -0.493 e. The Morgan fingerprint density at radius 3 is 2.16 bits per heavy atom. The number of piperazine rings is 1. The Hall–Kier alpha value is -2.03. The predicted molar refractivity (Wildman–Crippen MR) is 119 cm³/mol. The zero-order chi connectivity index (χ0) is 22.5. The van der Waals surface area contributed by atoms with E-state index < -0.39 is 0 Å². The average molecular weight is 436 g/mol. The van der Waals surface area contributed by atoms with Crippen LogP contribution in [0.1, 0.15) is 26.3 Å². The van der Waals surface area contributed by atoms with Crippen molar-refractivity contribution in [3.05, 3.63) is 17.7 Å². The van der Waals surface area contributed by atoms with Crippen molar-refractivity contribution in [2.75, 3.05) is 60.6 Å². The van der Waals surface area contributed by atoms with E-state index in [1.807, 2.05) is 37.8 Å². The maximum absolute atomic E-state index is 13.0. The molecule has 2 saturated heterocycles. The highest BCUT2D eigenvalue weighted by Crippen LogP contribution is 2.40. The van der Waals surface area contributed by atoms with E-state index >= 15 is 0 Å². The maximum atomic E-state index is 13.0. The first-order chi connectivity index (χ1) is 14.9. The Morgan fingerprint density at radius 2 is 1.61 bits per heavy atom. The Balaban J connectivity index is 1.58. The van der Waals surface area contributed by atoms with Gasteiger partial charge in [0, 0.05) is 51.4 Å². The molecular formula is C23H37N3O5. The summed E-state index contributed by atoms with van der Waals surface area (Å²) < 4.78 is 22.3. The van der Waals surface area contributed by atoms with E-state index in [0.29, 0.717) is 30.3 Å². The van der Waals surface area contributed by atoms with Gasteiger partial charge in [-0.1, -0.05) is 6.07 Å². The summed E-state index contributed by atoms with van der Waals surface area (Å²) in [4.78, 5) is 19.7. The molecule has 0 N–H and O–H groups in total. The van der Waals surface area contributed by atoms with Gasteiger partial charge in [-0.3, -0.25) is 14.6 Å². The van der Waals surface area contributed by atoms with Crippen LogP contribution in [-0.4, -0.2) is 99.5 Å². The molecule has 0 spiro atoms. The van der Waals surface area contributed by atoms with Gasteiger partial charge in [0.2, 0.25) is 11.7 Å². The van der Waals surface area contributed by atoms with Crippen molar-refractivity contribution in [3.63, 3.8) is 0 Å². The summed E-state index contributed by atoms with van der Waals surface area (Å²) >= 11 is 0. The van der Waals surface area contributed by atoms with Gasteiger partial charge in [0.05, 0.1) is 39.6 Å². The Labute approximate surface area is 186 Å². The Bertz CT molecular complexity index is 741. The van der Waals surface area contributed by atoms with Gasteiger partial charge in [0.25, 0.3) is 0 Å². The number of nitrogens with zero attached hydrogens (tertiary/aromatic N) is 3. The van der Waals surface area contributed by atoms with Crippen molar-refractivity contribution in [3.8, 4) is 17.2 Å². The van der Waals surface area contributed by atoms with Crippen molar-refractivity contribution in [1.29, 1.82) is 0 Å². The number of morpholine rings is 1. The molecule has 2 aliphatic rings. The lowest BCUT2D eigenvalue weighted by Crippen LogP contribution is -2.57. The molecule has 1 aromatic carbocycles. The molecule has 2 aliphatic heterocycles. The lowest BCUT2D eigenvalue weighted by atomic mass is 10.1. The SMILES string of the molecule is COc1ccc(CN2CCN(C(C)C(=O)N3CC(C)OC(C)C3)CC2)c(OC)c1OC. The topological polar surface area (TPSA) is 63.7 Å². The number of hydrogen-bond donors (Lipinski definition) is 0. The molecule has 0 aliphatic carbocycles. The second-order valence-corrected chi connectivity index (χ2v) is 8.48.